The van der Waals surface area contributed by atoms with Gasteiger partial charge in [-0.1, -0.05) is 48.0 Å². The number of halogens is 1. The molecule has 0 spiro atoms. The standard InChI is InChI=1S/C20H17ClN2O2/c1-13-6-9-18(17(21)10-13)23-19(24)12-22-20(25)16-8-7-14-4-2-3-5-15(14)11-16/h2-11H,12H2,1H3,(H,22,25)(H,23,24). The molecule has 0 aromatic heterocycles. The molecule has 0 atom stereocenters. The van der Waals surface area contributed by atoms with Crippen molar-refractivity contribution >= 4 is 39.9 Å². The van der Waals surface area contributed by atoms with E-state index >= 15 is 0 Å². The Hall–Kier alpha value is -2.85. The summed E-state index contributed by atoms with van der Waals surface area (Å²) in [5, 5.41) is 7.81. The Balaban J connectivity index is 1.61. The molecule has 0 bridgehead atoms. The van der Waals surface area contributed by atoms with Crippen LogP contribution < -0.4 is 10.6 Å². The molecule has 3 aromatic rings. The first-order valence-electron chi connectivity index (χ1n) is 7.86. The van der Waals surface area contributed by atoms with Crippen LogP contribution in [0.4, 0.5) is 5.69 Å². The van der Waals surface area contributed by atoms with Gasteiger partial charge in [-0.3, -0.25) is 9.59 Å². The SMILES string of the molecule is Cc1ccc(NC(=O)CNC(=O)c2ccc3ccccc3c2)c(Cl)c1. The van der Waals surface area contributed by atoms with Crippen molar-refractivity contribution in [2.24, 2.45) is 0 Å². The first-order chi connectivity index (χ1) is 12.0. The van der Waals surface area contributed by atoms with Gasteiger partial charge in [0.2, 0.25) is 5.91 Å². The summed E-state index contributed by atoms with van der Waals surface area (Å²) in [6.45, 7) is 1.79. The number of aryl methyl sites for hydroxylation is 1. The van der Waals surface area contributed by atoms with Crippen molar-refractivity contribution in [3.05, 3.63) is 76.8 Å². The van der Waals surface area contributed by atoms with Gasteiger partial charge in [0.25, 0.3) is 5.91 Å². The molecular weight excluding hydrogens is 336 g/mol. The zero-order valence-corrected chi connectivity index (χ0v) is 14.4. The monoisotopic (exact) mass is 352 g/mol. The molecule has 3 aromatic carbocycles. The van der Waals surface area contributed by atoms with Crippen molar-refractivity contribution in [3.8, 4) is 0 Å². The van der Waals surface area contributed by atoms with Crippen molar-refractivity contribution in [3.63, 3.8) is 0 Å². The molecule has 25 heavy (non-hydrogen) atoms. The zero-order valence-electron chi connectivity index (χ0n) is 13.7. The number of hydrogen-bond acceptors (Lipinski definition) is 2. The predicted molar refractivity (Wildman–Crippen MR) is 101 cm³/mol. The molecule has 0 fully saturated rings. The van der Waals surface area contributed by atoms with E-state index in [9.17, 15) is 9.59 Å². The lowest BCUT2D eigenvalue weighted by Gasteiger charge is -2.09. The summed E-state index contributed by atoms with van der Waals surface area (Å²) in [6, 6.07) is 18.6. The summed E-state index contributed by atoms with van der Waals surface area (Å²) in [4.78, 5) is 24.3. The fourth-order valence-electron chi connectivity index (χ4n) is 2.51. The first kappa shape index (κ1) is 17.0. The third-order valence-corrected chi connectivity index (χ3v) is 4.13. The van der Waals surface area contributed by atoms with Crippen molar-refractivity contribution in [2.45, 2.75) is 6.92 Å². The number of carbonyl (C=O) groups excluding carboxylic acids is 2. The Kier molecular flexibility index (Phi) is 5.00. The third kappa shape index (κ3) is 4.17. The van der Waals surface area contributed by atoms with Gasteiger partial charge < -0.3 is 10.6 Å². The normalized spacial score (nSPS) is 10.5. The zero-order chi connectivity index (χ0) is 17.8. The predicted octanol–water partition coefficient (Wildman–Crippen LogP) is 4.17. The smallest absolute Gasteiger partial charge is 0.251 e. The molecule has 5 heteroatoms. The second kappa shape index (κ2) is 7.36. The molecule has 0 saturated carbocycles. The molecule has 3 rings (SSSR count). The van der Waals surface area contributed by atoms with Crippen LogP contribution >= 0.6 is 11.6 Å². The second-order valence-corrected chi connectivity index (χ2v) is 6.18. The Bertz CT molecular complexity index is 953. The van der Waals surface area contributed by atoms with Gasteiger partial charge >= 0.3 is 0 Å². The molecule has 0 aliphatic heterocycles. The third-order valence-electron chi connectivity index (χ3n) is 3.82. The van der Waals surface area contributed by atoms with Crippen LogP contribution in [0.2, 0.25) is 5.02 Å². The first-order valence-corrected chi connectivity index (χ1v) is 8.24. The number of anilines is 1. The van der Waals surface area contributed by atoms with Gasteiger partial charge in [-0.2, -0.15) is 0 Å². The van der Waals surface area contributed by atoms with Gasteiger partial charge in [-0.05, 0) is 47.5 Å². The Morgan fingerprint density at radius 3 is 2.48 bits per heavy atom. The number of hydrogen-bond donors (Lipinski definition) is 2. The molecular formula is C20H17ClN2O2. The van der Waals surface area contributed by atoms with Gasteiger partial charge in [0.05, 0.1) is 17.3 Å². The van der Waals surface area contributed by atoms with Crippen LogP contribution in [0.1, 0.15) is 15.9 Å². The van der Waals surface area contributed by atoms with E-state index in [0.29, 0.717) is 16.3 Å². The summed E-state index contributed by atoms with van der Waals surface area (Å²) < 4.78 is 0. The van der Waals surface area contributed by atoms with E-state index in [4.69, 9.17) is 11.6 Å². The van der Waals surface area contributed by atoms with Crippen LogP contribution in [-0.4, -0.2) is 18.4 Å². The molecule has 2 amide bonds. The van der Waals surface area contributed by atoms with Crippen LogP contribution in [0.5, 0.6) is 0 Å². The van der Waals surface area contributed by atoms with Crippen molar-refractivity contribution in [2.75, 3.05) is 11.9 Å². The highest BCUT2D eigenvalue weighted by molar-refractivity contribution is 6.33. The van der Waals surface area contributed by atoms with Crippen molar-refractivity contribution < 1.29 is 9.59 Å². The number of rotatable bonds is 4. The van der Waals surface area contributed by atoms with Gasteiger partial charge in [-0.25, -0.2) is 0 Å². The van der Waals surface area contributed by atoms with E-state index in [1.165, 1.54) is 0 Å². The molecule has 0 radical (unpaired) electrons. The minimum atomic E-state index is -0.333. The van der Waals surface area contributed by atoms with Gasteiger partial charge in [0.1, 0.15) is 0 Å². The van der Waals surface area contributed by atoms with Crippen molar-refractivity contribution in [1.82, 2.24) is 5.32 Å². The molecule has 0 saturated heterocycles. The van der Waals surface area contributed by atoms with E-state index < -0.39 is 0 Å². The number of carbonyl (C=O) groups is 2. The lowest BCUT2D eigenvalue weighted by Crippen LogP contribution is -2.32. The summed E-state index contributed by atoms with van der Waals surface area (Å²) >= 11 is 6.09. The number of fused-ring (bicyclic) bond motifs is 1. The second-order valence-electron chi connectivity index (χ2n) is 5.78. The molecule has 0 aliphatic carbocycles. The Morgan fingerprint density at radius 2 is 1.72 bits per heavy atom. The maximum Gasteiger partial charge on any atom is 0.251 e. The van der Waals surface area contributed by atoms with Crippen LogP contribution in [-0.2, 0) is 4.79 Å². The van der Waals surface area contributed by atoms with E-state index in [2.05, 4.69) is 10.6 Å². The topological polar surface area (TPSA) is 58.2 Å². The fourth-order valence-corrected chi connectivity index (χ4v) is 2.79. The lowest BCUT2D eigenvalue weighted by atomic mass is 10.1. The molecule has 2 N–H and O–H groups in total. The summed E-state index contributed by atoms with van der Waals surface area (Å²) in [5.74, 6) is -0.629. The quantitative estimate of drug-likeness (QED) is 0.740. The van der Waals surface area contributed by atoms with Gasteiger partial charge in [0, 0.05) is 5.56 Å². The summed E-state index contributed by atoms with van der Waals surface area (Å²) in [6.07, 6.45) is 0. The van der Waals surface area contributed by atoms with Crippen LogP contribution in [0.3, 0.4) is 0 Å². The van der Waals surface area contributed by atoms with Crippen molar-refractivity contribution in [1.29, 1.82) is 0 Å². The molecule has 0 aliphatic rings. The Morgan fingerprint density at radius 1 is 0.960 bits per heavy atom. The molecule has 4 nitrogen and oxygen atoms in total. The van der Waals surface area contributed by atoms with Crippen LogP contribution in [0.15, 0.2) is 60.7 Å². The highest BCUT2D eigenvalue weighted by atomic mass is 35.5. The highest BCUT2D eigenvalue weighted by Crippen LogP contribution is 2.22. The average molecular weight is 353 g/mol. The maximum absolute atomic E-state index is 12.2. The average Bonchev–Trinajstić information content (AvgIpc) is 2.61. The van der Waals surface area contributed by atoms with E-state index in [1.54, 1.807) is 24.3 Å². The Labute approximate surface area is 150 Å². The minimum absolute atomic E-state index is 0.129. The van der Waals surface area contributed by atoms with E-state index in [-0.39, 0.29) is 18.4 Å². The fraction of sp³-hybridized carbons (Fsp3) is 0.100. The van der Waals surface area contributed by atoms with Gasteiger partial charge in [0.15, 0.2) is 0 Å². The molecule has 0 unspecified atom stereocenters. The molecule has 126 valence electrons. The van der Waals surface area contributed by atoms with Gasteiger partial charge in [-0.15, -0.1) is 0 Å². The molecule has 0 heterocycles. The highest BCUT2D eigenvalue weighted by Gasteiger charge is 2.10. The van der Waals surface area contributed by atoms with Crippen LogP contribution in [0.25, 0.3) is 10.8 Å². The largest absolute Gasteiger partial charge is 0.343 e. The van der Waals surface area contributed by atoms with E-state index in [0.717, 1.165) is 16.3 Å². The van der Waals surface area contributed by atoms with Crippen LogP contribution in [0, 0.1) is 6.92 Å². The number of benzene rings is 3. The number of amides is 2. The summed E-state index contributed by atoms with van der Waals surface area (Å²) in [5.41, 5.74) is 2.05. The minimum Gasteiger partial charge on any atom is -0.343 e. The summed E-state index contributed by atoms with van der Waals surface area (Å²) in [7, 11) is 0. The lowest BCUT2D eigenvalue weighted by molar-refractivity contribution is -0.115. The number of nitrogens with one attached hydrogen (secondary N) is 2. The maximum atomic E-state index is 12.2. The van der Waals surface area contributed by atoms with E-state index in [1.807, 2.05) is 43.3 Å².